The third-order valence-corrected chi connectivity index (χ3v) is 4.19. The molecule has 0 spiro atoms. The summed E-state index contributed by atoms with van der Waals surface area (Å²) in [5, 5.41) is 2.93. The fourth-order valence-electron chi connectivity index (χ4n) is 2.74. The van der Waals surface area contributed by atoms with Gasteiger partial charge in [-0.3, -0.25) is 4.79 Å². The fraction of sp³-hybridized carbons (Fsp3) is 0.235. The number of rotatable bonds is 3. The first kappa shape index (κ1) is 14.9. The van der Waals surface area contributed by atoms with Gasteiger partial charge in [-0.15, -0.1) is 0 Å². The van der Waals surface area contributed by atoms with Gasteiger partial charge >= 0.3 is 0 Å². The predicted octanol–water partition coefficient (Wildman–Crippen LogP) is 3.87. The fourth-order valence-corrected chi connectivity index (χ4v) is 2.89. The van der Waals surface area contributed by atoms with E-state index in [1.807, 2.05) is 30.0 Å². The highest BCUT2D eigenvalue weighted by Crippen LogP contribution is 2.29. The zero-order chi connectivity index (χ0) is 15.7. The van der Waals surface area contributed by atoms with E-state index in [0.717, 1.165) is 18.7 Å². The number of anilines is 2. The lowest BCUT2D eigenvalue weighted by Gasteiger charge is -2.26. The van der Waals surface area contributed by atoms with Crippen LogP contribution in [0.1, 0.15) is 12.5 Å². The molecule has 5 heteroatoms. The molecule has 1 heterocycles. The molecule has 114 valence electrons. The minimum atomic E-state index is -0.533. The van der Waals surface area contributed by atoms with Crippen molar-refractivity contribution in [2.24, 2.45) is 0 Å². The lowest BCUT2D eigenvalue weighted by atomic mass is 10.1. The first-order valence-electron chi connectivity index (χ1n) is 7.17. The average Bonchev–Trinajstić information content (AvgIpc) is 2.93. The van der Waals surface area contributed by atoms with E-state index < -0.39 is 5.82 Å². The number of amides is 1. The molecule has 0 unspecified atom stereocenters. The maximum Gasteiger partial charge on any atom is 0.246 e. The van der Waals surface area contributed by atoms with Crippen molar-refractivity contribution in [3.8, 4) is 0 Å². The molecule has 1 atom stereocenters. The molecule has 0 bridgehead atoms. The van der Waals surface area contributed by atoms with E-state index >= 15 is 0 Å². The minimum Gasteiger partial charge on any atom is -0.359 e. The van der Waals surface area contributed by atoms with Gasteiger partial charge in [-0.2, -0.15) is 0 Å². The molecule has 1 aliphatic heterocycles. The quantitative estimate of drug-likeness (QED) is 0.931. The zero-order valence-corrected chi connectivity index (χ0v) is 12.9. The Morgan fingerprint density at radius 3 is 2.86 bits per heavy atom. The average molecular weight is 319 g/mol. The summed E-state index contributed by atoms with van der Waals surface area (Å²) in [6.45, 7) is 2.61. The van der Waals surface area contributed by atoms with Crippen LogP contribution in [0.2, 0.25) is 5.02 Å². The number of hydrogen-bond acceptors (Lipinski definition) is 2. The smallest absolute Gasteiger partial charge is 0.246 e. The monoisotopic (exact) mass is 318 g/mol. The Hall–Kier alpha value is -2.07. The molecule has 0 radical (unpaired) electrons. The van der Waals surface area contributed by atoms with Crippen LogP contribution in [-0.4, -0.2) is 18.5 Å². The maximum absolute atomic E-state index is 13.8. The largest absolute Gasteiger partial charge is 0.359 e. The third kappa shape index (κ3) is 2.79. The highest BCUT2D eigenvalue weighted by molar-refractivity contribution is 6.30. The SMILES string of the molecule is C[C@@H](C(=O)Nc1ccc(Cl)cc1F)N1CCc2ccccc21. The van der Waals surface area contributed by atoms with Crippen LogP contribution in [0, 0.1) is 5.82 Å². The van der Waals surface area contributed by atoms with Gasteiger partial charge in [0.1, 0.15) is 11.9 Å². The molecule has 1 aliphatic rings. The molecule has 0 fully saturated rings. The third-order valence-electron chi connectivity index (χ3n) is 3.96. The van der Waals surface area contributed by atoms with Gasteiger partial charge in [0.15, 0.2) is 0 Å². The van der Waals surface area contributed by atoms with Gasteiger partial charge in [-0.1, -0.05) is 29.8 Å². The van der Waals surface area contributed by atoms with Crippen LogP contribution in [0.5, 0.6) is 0 Å². The zero-order valence-electron chi connectivity index (χ0n) is 12.1. The molecule has 0 saturated heterocycles. The van der Waals surface area contributed by atoms with E-state index in [1.165, 1.54) is 17.7 Å². The molecule has 1 amide bonds. The number of benzene rings is 2. The van der Waals surface area contributed by atoms with Crippen LogP contribution < -0.4 is 10.2 Å². The van der Waals surface area contributed by atoms with Crippen LogP contribution in [-0.2, 0) is 11.2 Å². The lowest BCUT2D eigenvalue weighted by Crippen LogP contribution is -2.41. The summed E-state index contributed by atoms with van der Waals surface area (Å²) >= 11 is 5.71. The topological polar surface area (TPSA) is 32.3 Å². The van der Waals surface area contributed by atoms with Gasteiger partial charge < -0.3 is 10.2 Å². The predicted molar refractivity (Wildman–Crippen MR) is 87.0 cm³/mol. The van der Waals surface area contributed by atoms with E-state index in [-0.39, 0.29) is 17.6 Å². The number of nitrogens with one attached hydrogen (secondary N) is 1. The van der Waals surface area contributed by atoms with Crippen LogP contribution in [0.3, 0.4) is 0 Å². The summed E-state index contributed by atoms with van der Waals surface area (Å²) in [5.41, 5.74) is 2.45. The van der Waals surface area contributed by atoms with Crippen molar-refractivity contribution in [3.63, 3.8) is 0 Å². The highest BCUT2D eigenvalue weighted by Gasteiger charge is 2.27. The molecule has 0 saturated carbocycles. The van der Waals surface area contributed by atoms with Crippen LogP contribution in [0.25, 0.3) is 0 Å². The van der Waals surface area contributed by atoms with Gasteiger partial charge in [-0.25, -0.2) is 4.39 Å². The Balaban J connectivity index is 1.76. The van der Waals surface area contributed by atoms with Gasteiger partial charge in [0, 0.05) is 17.3 Å². The summed E-state index contributed by atoms with van der Waals surface area (Å²) in [4.78, 5) is 14.4. The van der Waals surface area contributed by atoms with Crippen molar-refractivity contribution in [2.75, 3.05) is 16.8 Å². The second-order valence-corrected chi connectivity index (χ2v) is 5.80. The second kappa shape index (κ2) is 5.97. The van der Waals surface area contributed by atoms with Crippen LogP contribution in [0.4, 0.5) is 15.8 Å². The van der Waals surface area contributed by atoms with Crippen molar-refractivity contribution in [1.29, 1.82) is 0 Å². The molecular formula is C17H16ClFN2O. The number of halogens is 2. The molecule has 2 aromatic rings. The second-order valence-electron chi connectivity index (χ2n) is 5.36. The highest BCUT2D eigenvalue weighted by atomic mass is 35.5. The number of carbonyl (C=O) groups excluding carboxylic acids is 1. The van der Waals surface area contributed by atoms with Crippen LogP contribution in [0.15, 0.2) is 42.5 Å². The summed E-state index contributed by atoms with van der Waals surface area (Å²) in [6, 6.07) is 11.9. The molecule has 3 rings (SSSR count). The van der Waals surface area contributed by atoms with E-state index in [4.69, 9.17) is 11.6 Å². The Bertz CT molecular complexity index is 720. The molecule has 0 aliphatic carbocycles. The number of fused-ring (bicyclic) bond motifs is 1. The van der Waals surface area contributed by atoms with E-state index in [9.17, 15) is 9.18 Å². The lowest BCUT2D eigenvalue weighted by molar-refractivity contribution is -0.117. The van der Waals surface area contributed by atoms with Crippen LogP contribution >= 0.6 is 11.6 Å². The van der Waals surface area contributed by atoms with Gasteiger partial charge in [0.25, 0.3) is 0 Å². The molecule has 2 aromatic carbocycles. The van der Waals surface area contributed by atoms with Crippen molar-refractivity contribution >= 4 is 28.9 Å². The van der Waals surface area contributed by atoms with E-state index in [0.29, 0.717) is 5.02 Å². The van der Waals surface area contributed by atoms with Gasteiger partial charge in [0.2, 0.25) is 5.91 Å². The maximum atomic E-state index is 13.8. The Kier molecular flexibility index (Phi) is 4.03. The van der Waals surface area contributed by atoms with Gasteiger partial charge in [0.05, 0.1) is 5.69 Å². The Morgan fingerprint density at radius 1 is 1.32 bits per heavy atom. The molecule has 22 heavy (non-hydrogen) atoms. The van der Waals surface area contributed by atoms with Crippen molar-refractivity contribution in [3.05, 3.63) is 58.9 Å². The van der Waals surface area contributed by atoms with E-state index in [1.54, 1.807) is 6.07 Å². The molecule has 1 N–H and O–H groups in total. The number of nitrogens with zero attached hydrogens (tertiary/aromatic N) is 1. The van der Waals surface area contributed by atoms with Crippen molar-refractivity contribution in [1.82, 2.24) is 0 Å². The normalized spacial score (nSPS) is 14.6. The summed E-state index contributed by atoms with van der Waals surface area (Å²) in [5.74, 6) is -0.771. The standard InChI is InChI=1S/C17H16ClFN2O/c1-11(21-9-8-12-4-2-3-5-16(12)21)17(22)20-15-7-6-13(18)10-14(15)19/h2-7,10-11H,8-9H2,1H3,(H,20,22)/t11-/m0/s1. The minimum absolute atomic E-state index is 0.147. The first-order valence-corrected chi connectivity index (χ1v) is 7.54. The van der Waals surface area contributed by atoms with Crippen molar-refractivity contribution in [2.45, 2.75) is 19.4 Å². The van der Waals surface area contributed by atoms with Crippen molar-refractivity contribution < 1.29 is 9.18 Å². The van der Waals surface area contributed by atoms with Gasteiger partial charge in [-0.05, 0) is 43.2 Å². The summed E-state index contributed by atoms with van der Waals surface area (Å²) in [7, 11) is 0. The Labute approximate surface area is 133 Å². The first-order chi connectivity index (χ1) is 10.6. The summed E-state index contributed by atoms with van der Waals surface area (Å²) in [6.07, 6.45) is 0.920. The van der Waals surface area contributed by atoms with E-state index in [2.05, 4.69) is 11.4 Å². The molecule has 3 nitrogen and oxygen atoms in total. The number of carbonyl (C=O) groups is 1. The summed E-state index contributed by atoms with van der Waals surface area (Å²) < 4.78 is 13.8. The Morgan fingerprint density at radius 2 is 2.09 bits per heavy atom. The number of hydrogen-bond donors (Lipinski definition) is 1. The number of para-hydroxylation sites is 1. The molecular weight excluding hydrogens is 303 g/mol. The molecule has 0 aromatic heterocycles.